The molecule has 1 saturated heterocycles. The number of piperidine rings is 1. The summed E-state index contributed by atoms with van der Waals surface area (Å²) < 4.78 is 31.8. The van der Waals surface area contributed by atoms with Gasteiger partial charge in [0.1, 0.15) is 5.75 Å². The van der Waals surface area contributed by atoms with Crippen LogP contribution in [0.15, 0.2) is 22.6 Å². The highest BCUT2D eigenvalue weighted by Crippen LogP contribution is 2.46. The molecule has 1 amide bonds. The Morgan fingerprint density at radius 2 is 2.30 bits per heavy atom. The number of carbonyl (C=O) groups is 1. The minimum atomic E-state index is -3.31. The van der Waals surface area contributed by atoms with Gasteiger partial charge in [-0.05, 0) is 42.4 Å². The summed E-state index contributed by atoms with van der Waals surface area (Å²) in [6.45, 7) is 4.09. The lowest BCUT2D eigenvalue weighted by Crippen LogP contribution is -2.41. The Hall–Kier alpha value is -1.97. The number of likely N-dealkylation sites (tertiary alicyclic amines) is 1. The van der Waals surface area contributed by atoms with Crippen molar-refractivity contribution in [2.75, 3.05) is 24.4 Å². The number of rotatable bonds is 6. The van der Waals surface area contributed by atoms with Crippen molar-refractivity contribution in [3.63, 3.8) is 0 Å². The summed E-state index contributed by atoms with van der Waals surface area (Å²) in [5.41, 5.74) is 6.94. The zero-order valence-electron chi connectivity index (χ0n) is 15.6. The van der Waals surface area contributed by atoms with Gasteiger partial charge < -0.3 is 15.4 Å². The van der Waals surface area contributed by atoms with Gasteiger partial charge in [0, 0.05) is 25.4 Å². The van der Waals surface area contributed by atoms with Gasteiger partial charge in [-0.2, -0.15) is 0 Å². The molecule has 0 spiro atoms. The third kappa shape index (κ3) is 4.85. The van der Waals surface area contributed by atoms with Gasteiger partial charge in [-0.25, -0.2) is 0 Å². The van der Waals surface area contributed by atoms with Crippen LogP contribution < -0.4 is 15.2 Å². The number of benzene rings is 1. The molecular formula is C18H28N4O4S. The van der Waals surface area contributed by atoms with Crippen LogP contribution in [0.25, 0.3) is 0 Å². The number of anilines is 1. The lowest BCUT2D eigenvalue weighted by Gasteiger charge is -2.34. The van der Waals surface area contributed by atoms with E-state index in [1.807, 2.05) is 4.90 Å². The maximum atomic E-state index is 12.3. The van der Waals surface area contributed by atoms with Gasteiger partial charge >= 0.3 is 0 Å². The Morgan fingerprint density at radius 3 is 3.07 bits per heavy atom. The number of unbranched alkanes of at least 4 members (excludes halogenated alkanes) is 1. The fraction of sp³-hybridized carbons (Fsp3) is 0.556. The summed E-state index contributed by atoms with van der Waals surface area (Å²) in [4.78, 5) is 14.2. The molecule has 150 valence electrons. The van der Waals surface area contributed by atoms with Crippen molar-refractivity contribution in [3.05, 3.63) is 23.8 Å². The molecule has 0 saturated carbocycles. The molecule has 8 nitrogen and oxygen atoms in total. The number of fused-ring (bicyclic) bond motifs is 1. The standard InChI is InChI=1S/C18H28N4O4S/c1-2-3-9-16(23)22-10-5-6-13(11-22)12-26-15-8-4-7-14-17(15)18(19)21-27(24,25)20-14/h4,7-8,13,20,24-25H,2-3,5-6,9-12H2,1H3,(H2,19,21). The average Bonchev–Trinajstić information content (AvgIpc) is 2.63. The van der Waals surface area contributed by atoms with Crippen molar-refractivity contribution < 1.29 is 18.6 Å². The van der Waals surface area contributed by atoms with E-state index in [1.165, 1.54) is 0 Å². The highest BCUT2D eigenvalue weighted by molar-refractivity contribution is 8.24. The van der Waals surface area contributed by atoms with Crippen molar-refractivity contribution in [2.24, 2.45) is 16.0 Å². The van der Waals surface area contributed by atoms with E-state index < -0.39 is 11.0 Å². The van der Waals surface area contributed by atoms with Gasteiger partial charge in [0.25, 0.3) is 0 Å². The number of hydrogen-bond acceptors (Lipinski definition) is 7. The van der Waals surface area contributed by atoms with Crippen LogP contribution >= 0.6 is 11.0 Å². The number of nitrogens with one attached hydrogen (secondary N) is 1. The third-order valence-electron chi connectivity index (χ3n) is 4.85. The lowest BCUT2D eigenvalue weighted by atomic mass is 9.98. The van der Waals surface area contributed by atoms with Crippen LogP contribution in [0.3, 0.4) is 0 Å². The van der Waals surface area contributed by atoms with Gasteiger partial charge in [0.15, 0.2) is 5.84 Å². The van der Waals surface area contributed by atoms with Crippen LogP contribution in [0.1, 0.15) is 44.6 Å². The Bertz CT molecular complexity index is 725. The van der Waals surface area contributed by atoms with E-state index in [4.69, 9.17) is 10.5 Å². The minimum Gasteiger partial charge on any atom is -0.492 e. The van der Waals surface area contributed by atoms with Crippen molar-refractivity contribution in [3.8, 4) is 5.75 Å². The number of ether oxygens (including phenoxy) is 1. The van der Waals surface area contributed by atoms with E-state index in [1.54, 1.807) is 18.2 Å². The second-order valence-electron chi connectivity index (χ2n) is 7.04. The van der Waals surface area contributed by atoms with Crippen LogP contribution in [-0.2, 0) is 4.79 Å². The van der Waals surface area contributed by atoms with Crippen molar-refractivity contribution in [1.82, 2.24) is 4.90 Å². The van der Waals surface area contributed by atoms with Gasteiger partial charge in [-0.1, -0.05) is 19.4 Å². The molecule has 1 fully saturated rings. The summed E-state index contributed by atoms with van der Waals surface area (Å²) >= 11 is 0. The number of nitrogens with zero attached hydrogens (tertiary/aromatic N) is 2. The molecule has 1 aromatic rings. The smallest absolute Gasteiger partial charge is 0.222 e. The molecule has 1 atom stereocenters. The Kier molecular flexibility index (Phi) is 6.13. The Labute approximate surface area is 161 Å². The van der Waals surface area contributed by atoms with E-state index in [2.05, 4.69) is 16.0 Å². The molecule has 27 heavy (non-hydrogen) atoms. The fourth-order valence-corrected chi connectivity index (χ4v) is 4.35. The summed E-state index contributed by atoms with van der Waals surface area (Å²) in [6, 6.07) is 5.25. The second-order valence-corrected chi connectivity index (χ2v) is 8.46. The predicted molar refractivity (Wildman–Crippen MR) is 108 cm³/mol. The largest absolute Gasteiger partial charge is 0.492 e. The average molecular weight is 397 g/mol. The minimum absolute atomic E-state index is 0.0411. The molecule has 2 aliphatic rings. The molecule has 0 bridgehead atoms. The van der Waals surface area contributed by atoms with Crippen LogP contribution in [0.4, 0.5) is 5.69 Å². The zero-order chi connectivity index (χ0) is 19.4. The van der Waals surface area contributed by atoms with E-state index in [0.717, 1.165) is 32.2 Å². The fourth-order valence-electron chi connectivity index (χ4n) is 3.48. The summed E-state index contributed by atoms with van der Waals surface area (Å²) in [7, 11) is -3.31. The van der Waals surface area contributed by atoms with E-state index in [0.29, 0.717) is 36.6 Å². The summed E-state index contributed by atoms with van der Waals surface area (Å²) in [5, 5.41) is 0. The molecule has 3 rings (SSSR count). The molecule has 1 aromatic carbocycles. The van der Waals surface area contributed by atoms with Crippen LogP contribution in [0, 0.1) is 5.92 Å². The first-order chi connectivity index (χ1) is 12.9. The molecule has 0 aromatic heterocycles. The van der Waals surface area contributed by atoms with Crippen molar-refractivity contribution in [1.29, 1.82) is 0 Å². The molecule has 2 aliphatic heterocycles. The zero-order valence-corrected chi connectivity index (χ0v) is 16.4. The molecule has 2 heterocycles. The maximum absolute atomic E-state index is 12.3. The third-order valence-corrected chi connectivity index (χ3v) is 5.79. The highest BCUT2D eigenvalue weighted by atomic mass is 32.3. The SMILES string of the molecule is CCCCC(=O)N1CCCC(COc2cccc3c2C(N)=NS(O)(O)N3)C1. The summed E-state index contributed by atoms with van der Waals surface area (Å²) in [6.07, 6.45) is 4.55. The first-order valence-electron chi connectivity index (χ1n) is 9.35. The van der Waals surface area contributed by atoms with Gasteiger partial charge in [-0.3, -0.25) is 18.6 Å². The van der Waals surface area contributed by atoms with Crippen molar-refractivity contribution >= 4 is 28.4 Å². The van der Waals surface area contributed by atoms with Gasteiger partial charge in [-0.15, -0.1) is 4.40 Å². The molecule has 5 N–H and O–H groups in total. The molecular weight excluding hydrogens is 368 g/mol. The molecule has 1 unspecified atom stereocenters. The van der Waals surface area contributed by atoms with E-state index in [9.17, 15) is 13.9 Å². The van der Waals surface area contributed by atoms with Crippen LogP contribution in [0.2, 0.25) is 0 Å². The Morgan fingerprint density at radius 1 is 1.48 bits per heavy atom. The molecule has 9 heteroatoms. The van der Waals surface area contributed by atoms with Gasteiger partial charge in [0.2, 0.25) is 5.91 Å². The second kappa shape index (κ2) is 8.37. The van der Waals surface area contributed by atoms with Crippen LogP contribution in [0.5, 0.6) is 5.75 Å². The van der Waals surface area contributed by atoms with Crippen LogP contribution in [-0.4, -0.2) is 45.4 Å². The topological polar surface area (TPSA) is 120 Å². The quantitative estimate of drug-likeness (QED) is 0.586. The van der Waals surface area contributed by atoms with Gasteiger partial charge in [0.05, 0.1) is 17.9 Å². The van der Waals surface area contributed by atoms with E-state index in [-0.39, 0.29) is 17.7 Å². The molecule has 0 radical (unpaired) electrons. The highest BCUT2D eigenvalue weighted by Gasteiger charge is 2.27. The summed E-state index contributed by atoms with van der Waals surface area (Å²) in [5.74, 6) is 1.07. The Balaban J connectivity index is 1.63. The number of amidine groups is 1. The predicted octanol–water partition coefficient (Wildman–Crippen LogP) is 3.21. The first-order valence-corrected chi connectivity index (χ1v) is 10.9. The number of hydrogen-bond donors (Lipinski definition) is 4. The monoisotopic (exact) mass is 396 g/mol. The number of carbonyl (C=O) groups excluding carboxylic acids is 1. The first kappa shape index (κ1) is 19.8. The normalized spacial score (nSPS) is 22.3. The number of nitrogens with two attached hydrogens (primary N) is 1. The lowest BCUT2D eigenvalue weighted by molar-refractivity contribution is -0.133. The maximum Gasteiger partial charge on any atom is 0.222 e. The van der Waals surface area contributed by atoms with E-state index >= 15 is 0 Å². The van der Waals surface area contributed by atoms with Crippen molar-refractivity contribution in [2.45, 2.75) is 39.0 Å². The molecule has 0 aliphatic carbocycles. The number of amides is 1.